The summed E-state index contributed by atoms with van der Waals surface area (Å²) in [6.45, 7) is 8.10. The van der Waals surface area contributed by atoms with Crippen LogP contribution in [-0.4, -0.2) is 22.5 Å². The molecule has 0 saturated carbocycles. The molecule has 0 aliphatic heterocycles. The van der Waals surface area contributed by atoms with Gasteiger partial charge in [0, 0.05) is 17.6 Å². The van der Waals surface area contributed by atoms with E-state index in [4.69, 9.17) is 23.2 Å². The molecule has 0 bridgehead atoms. The average molecular weight is 224 g/mol. The van der Waals surface area contributed by atoms with Gasteiger partial charge in [0.1, 0.15) is 0 Å². The third-order valence-corrected chi connectivity index (χ3v) is 2.72. The third kappa shape index (κ3) is 5.53. The summed E-state index contributed by atoms with van der Waals surface area (Å²) in [5.41, 5.74) is 1.01. The average Bonchev–Trinajstić information content (AvgIpc) is 1.99. The highest BCUT2D eigenvalue weighted by Crippen LogP contribution is 2.23. The first-order chi connectivity index (χ1) is 5.90. The smallest absolute Gasteiger partial charge is 0.0792 e. The Balaban J connectivity index is 4.25. The molecule has 3 heteroatoms. The van der Waals surface area contributed by atoms with Crippen molar-refractivity contribution in [2.75, 3.05) is 5.88 Å². The van der Waals surface area contributed by atoms with Crippen LogP contribution in [0.15, 0.2) is 4.99 Å². The Bertz CT molecular complexity index is 174. The Morgan fingerprint density at radius 1 is 1.46 bits per heavy atom. The molecule has 0 aromatic carbocycles. The van der Waals surface area contributed by atoms with Gasteiger partial charge in [0.05, 0.1) is 4.87 Å². The molecule has 0 N–H and O–H groups in total. The topological polar surface area (TPSA) is 12.4 Å². The van der Waals surface area contributed by atoms with E-state index < -0.39 is 0 Å². The minimum Gasteiger partial charge on any atom is -0.290 e. The molecule has 0 aromatic rings. The minimum absolute atomic E-state index is 0.314. The fourth-order valence-electron chi connectivity index (χ4n) is 1.10. The fourth-order valence-corrected chi connectivity index (χ4v) is 1.42. The SMILES string of the molecule is CC(=NC(C)C)C(C)(Cl)CCCCl. The lowest BCUT2D eigenvalue weighted by molar-refractivity contribution is 0.689. The van der Waals surface area contributed by atoms with Gasteiger partial charge in [0.2, 0.25) is 0 Å². The standard InChI is InChI=1S/C10H19Cl2N/c1-8(2)13-9(3)10(4,12)6-5-7-11/h8H,5-7H2,1-4H3. The van der Waals surface area contributed by atoms with E-state index in [0.29, 0.717) is 11.9 Å². The summed E-state index contributed by atoms with van der Waals surface area (Å²) < 4.78 is 0. The van der Waals surface area contributed by atoms with Crippen LogP contribution < -0.4 is 0 Å². The van der Waals surface area contributed by atoms with Crippen molar-refractivity contribution in [2.24, 2.45) is 4.99 Å². The molecular formula is C10H19Cl2N. The molecule has 1 nitrogen and oxygen atoms in total. The van der Waals surface area contributed by atoms with Crippen LogP contribution in [0.25, 0.3) is 0 Å². The molecule has 0 radical (unpaired) electrons. The van der Waals surface area contributed by atoms with Gasteiger partial charge in [-0.2, -0.15) is 0 Å². The lowest BCUT2D eigenvalue weighted by Gasteiger charge is -2.22. The van der Waals surface area contributed by atoms with Gasteiger partial charge < -0.3 is 0 Å². The van der Waals surface area contributed by atoms with E-state index in [1.807, 2.05) is 13.8 Å². The molecule has 1 unspecified atom stereocenters. The van der Waals surface area contributed by atoms with E-state index in [1.54, 1.807) is 0 Å². The van der Waals surface area contributed by atoms with E-state index in [9.17, 15) is 0 Å². The van der Waals surface area contributed by atoms with Gasteiger partial charge in [0.15, 0.2) is 0 Å². The summed E-state index contributed by atoms with van der Waals surface area (Å²) in [4.78, 5) is 4.12. The van der Waals surface area contributed by atoms with Crippen molar-refractivity contribution >= 4 is 28.9 Å². The predicted octanol–water partition coefficient (Wildman–Crippen LogP) is 3.87. The number of alkyl halides is 2. The minimum atomic E-state index is -0.320. The third-order valence-electron chi connectivity index (χ3n) is 1.99. The van der Waals surface area contributed by atoms with Crippen molar-refractivity contribution in [2.45, 2.75) is 51.5 Å². The Kier molecular flexibility index (Phi) is 5.98. The first-order valence-corrected chi connectivity index (χ1v) is 5.61. The molecule has 0 rings (SSSR count). The zero-order chi connectivity index (χ0) is 10.5. The van der Waals surface area contributed by atoms with E-state index >= 15 is 0 Å². The van der Waals surface area contributed by atoms with Gasteiger partial charge in [-0.3, -0.25) is 4.99 Å². The molecule has 0 aliphatic rings. The highest BCUT2D eigenvalue weighted by atomic mass is 35.5. The number of hydrogen-bond donors (Lipinski definition) is 0. The molecule has 0 amide bonds. The van der Waals surface area contributed by atoms with Crippen LogP contribution >= 0.6 is 23.2 Å². The molecule has 0 spiro atoms. The van der Waals surface area contributed by atoms with Crippen molar-refractivity contribution in [1.82, 2.24) is 0 Å². The zero-order valence-corrected chi connectivity index (χ0v) is 10.4. The molecule has 0 heterocycles. The maximum atomic E-state index is 6.32. The second-order valence-corrected chi connectivity index (χ2v) is 5.01. The molecule has 0 aliphatic carbocycles. The maximum absolute atomic E-state index is 6.32. The van der Waals surface area contributed by atoms with Gasteiger partial charge in [-0.15, -0.1) is 23.2 Å². The van der Waals surface area contributed by atoms with Crippen LogP contribution in [0, 0.1) is 0 Å². The summed E-state index contributed by atoms with van der Waals surface area (Å²) in [6, 6.07) is 0.314. The molecule has 0 fully saturated rings. The van der Waals surface area contributed by atoms with Crippen LogP contribution in [0.2, 0.25) is 0 Å². The lowest BCUT2D eigenvalue weighted by Crippen LogP contribution is -2.27. The van der Waals surface area contributed by atoms with Crippen molar-refractivity contribution in [3.8, 4) is 0 Å². The normalized spacial score (nSPS) is 17.6. The number of rotatable bonds is 5. The lowest BCUT2D eigenvalue weighted by atomic mass is 10.00. The zero-order valence-electron chi connectivity index (χ0n) is 8.90. The summed E-state index contributed by atoms with van der Waals surface area (Å²) in [5.74, 6) is 0.664. The van der Waals surface area contributed by atoms with Crippen LogP contribution in [0.4, 0.5) is 0 Å². The molecule has 13 heavy (non-hydrogen) atoms. The monoisotopic (exact) mass is 223 g/mol. The van der Waals surface area contributed by atoms with Crippen LogP contribution in [0.3, 0.4) is 0 Å². The van der Waals surface area contributed by atoms with Crippen molar-refractivity contribution in [1.29, 1.82) is 0 Å². The molecule has 78 valence electrons. The van der Waals surface area contributed by atoms with E-state index in [-0.39, 0.29) is 4.87 Å². The highest BCUT2D eigenvalue weighted by Gasteiger charge is 2.23. The number of aliphatic imine (C=N–C) groups is 1. The van der Waals surface area contributed by atoms with E-state index in [0.717, 1.165) is 18.6 Å². The largest absolute Gasteiger partial charge is 0.290 e. The van der Waals surface area contributed by atoms with Crippen molar-refractivity contribution in [3.05, 3.63) is 0 Å². The van der Waals surface area contributed by atoms with Gasteiger partial charge in [-0.25, -0.2) is 0 Å². The highest BCUT2D eigenvalue weighted by molar-refractivity contribution is 6.35. The van der Waals surface area contributed by atoms with Crippen LogP contribution in [-0.2, 0) is 0 Å². The van der Waals surface area contributed by atoms with E-state index in [1.165, 1.54) is 0 Å². The summed E-state index contributed by atoms with van der Waals surface area (Å²) in [6.07, 6.45) is 1.83. The molecular weight excluding hydrogens is 205 g/mol. The van der Waals surface area contributed by atoms with Crippen molar-refractivity contribution < 1.29 is 0 Å². The van der Waals surface area contributed by atoms with Gasteiger partial charge in [0.25, 0.3) is 0 Å². The first-order valence-electron chi connectivity index (χ1n) is 4.70. The number of nitrogens with zero attached hydrogens (tertiary/aromatic N) is 1. The molecule has 0 saturated heterocycles. The second kappa shape index (κ2) is 5.87. The first kappa shape index (κ1) is 13.2. The van der Waals surface area contributed by atoms with Crippen LogP contribution in [0.5, 0.6) is 0 Å². The van der Waals surface area contributed by atoms with E-state index in [2.05, 4.69) is 18.8 Å². The summed E-state index contributed by atoms with van der Waals surface area (Å²) in [5, 5.41) is 0. The Hall–Kier alpha value is 0.250. The molecule has 0 aromatic heterocycles. The Morgan fingerprint density at radius 3 is 2.38 bits per heavy atom. The summed E-state index contributed by atoms with van der Waals surface area (Å²) in [7, 11) is 0. The summed E-state index contributed by atoms with van der Waals surface area (Å²) >= 11 is 11.9. The Labute approximate surface area is 91.5 Å². The second-order valence-electron chi connectivity index (χ2n) is 3.80. The van der Waals surface area contributed by atoms with Gasteiger partial charge in [-0.1, -0.05) is 0 Å². The Morgan fingerprint density at radius 2 is 2.00 bits per heavy atom. The molecule has 1 atom stereocenters. The van der Waals surface area contributed by atoms with Crippen molar-refractivity contribution in [3.63, 3.8) is 0 Å². The number of halogens is 2. The number of hydrogen-bond acceptors (Lipinski definition) is 1. The maximum Gasteiger partial charge on any atom is 0.0792 e. The van der Waals surface area contributed by atoms with Gasteiger partial charge in [-0.05, 0) is 40.5 Å². The fraction of sp³-hybridized carbons (Fsp3) is 0.900. The quantitative estimate of drug-likeness (QED) is 0.496. The van der Waals surface area contributed by atoms with Crippen LogP contribution in [0.1, 0.15) is 40.5 Å². The predicted molar refractivity (Wildman–Crippen MR) is 62.5 cm³/mol. The van der Waals surface area contributed by atoms with Gasteiger partial charge >= 0.3 is 0 Å².